The Morgan fingerprint density at radius 2 is 1.73 bits per heavy atom. The molecule has 1 heterocycles. The second kappa shape index (κ2) is 5.70. The van der Waals surface area contributed by atoms with Crippen LogP contribution in [-0.2, 0) is 14.3 Å². The van der Waals surface area contributed by atoms with Crippen molar-refractivity contribution in [3.05, 3.63) is 0 Å². The maximum atomic E-state index is 10.4. The molecule has 1 saturated heterocycles. The Hall–Kier alpha value is -1.10. The first kappa shape index (κ1) is 12.0. The first-order valence-corrected chi connectivity index (χ1v) is 5.21. The maximum Gasteiger partial charge on any atom is 0.335 e. The molecule has 2 unspecified atom stereocenters. The molecule has 1 aliphatic heterocycles. The highest BCUT2D eigenvalue weighted by Gasteiger charge is 2.44. The number of epoxide rings is 1. The van der Waals surface area contributed by atoms with Gasteiger partial charge >= 0.3 is 11.9 Å². The summed E-state index contributed by atoms with van der Waals surface area (Å²) in [5.74, 6) is -1.64. The predicted molar refractivity (Wildman–Crippen MR) is 51.6 cm³/mol. The first-order chi connectivity index (χ1) is 7.11. The molecular weight excluding hydrogens is 200 g/mol. The van der Waals surface area contributed by atoms with E-state index >= 15 is 0 Å². The molecule has 5 nitrogen and oxygen atoms in total. The predicted octanol–water partition coefficient (Wildman–Crippen LogP) is 1.26. The van der Waals surface area contributed by atoms with Crippen molar-refractivity contribution in [3.63, 3.8) is 0 Å². The summed E-state index contributed by atoms with van der Waals surface area (Å²) in [6, 6.07) is 0. The smallest absolute Gasteiger partial charge is 0.335 e. The molecule has 86 valence electrons. The minimum atomic E-state index is -0.883. The molecule has 0 spiro atoms. The van der Waals surface area contributed by atoms with E-state index < -0.39 is 18.0 Å². The Labute approximate surface area is 88.0 Å². The number of hydrogen-bond donors (Lipinski definition) is 2. The zero-order valence-corrected chi connectivity index (χ0v) is 8.52. The van der Waals surface area contributed by atoms with Crippen molar-refractivity contribution in [2.45, 2.75) is 50.7 Å². The van der Waals surface area contributed by atoms with E-state index in [4.69, 9.17) is 14.9 Å². The van der Waals surface area contributed by atoms with Crippen LogP contribution in [0.3, 0.4) is 0 Å². The number of hydrogen-bond acceptors (Lipinski definition) is 3. The lowest BCUT2D eigenvalue weighted by Gasteiger charge is -1.97. The summed E-state index contributed by atoms with van der Waals surface area (Å²) < 4.78 is 4.93. The summed E-state index contributed by atoms with van der Waals surface area (Å²) in [5.41, 5.74) is 0. The fourth-order valence-electron chi connectivity index (χ4n) is 1.55. The number of ether oxygens (including phenoxy) is 1. The van der Waals surface area contributed by atoms with E-state index in [-0.39, 0.29) is 12.5 Å². The summed E-state index contributed by atoms with van der Waals surface area (Å²) >= 11 is 0. The van der Waals surface area contributed by atoms with Gasteiger partial charge in [0.1, 0.15) is 0 Å². The summed E-state index contributed by atoms with van der Waals surface area (Å²) in [4.78, 5) is 20.6. The van der Waals surface area contributed by atoms with Crippen molar-refractivity contribution >= 4 is 11.9 Å². The fraction of sp³-hybridized carbons (Fsp3) is 0.800. The monoisotopic (exact) mass is 216 g/mol. The molecule has 15 heavy (non-hydrogen) atoms. The van der Waals surface area contributed by atoms with Crippen LogP contribution in [0.15, 0.2) is 0 Å². The normalized spacial score (nSPS) is 23.7. The van der Waals surface area contributed by atoms with Crippen molar-refractivity contribution in [3.8, 4) is 0 Å². The van der Waals surface area contributed by atoms with Crippen molar-refractivity contribution in [1.29, 1.82) is 0 Å². The summed E-state index contributed by atoms with van der Waals surface area (Å²) in [6.45, 7) is 0. The quantitative estimate of drug-likeness (QED) is 0.471. The van der Waals surface area contributed by atoms with E-state index in [1.807, 2.05) is 0 Å². The molecule has 0 bridgehead atoms. The van der Waals surface area contributed by atoms with Gasteiger partial charge in [0.15, 0.2) is 6.10 Å². The van der Waals surface area contributed by atoms with Gasteiger partial charge in [0.25, 0.3) is 0 Å². The van der Waals surface area contributed by atoms with Crippen molar-refractivity contribution in [1.82, 2.24) is 0 Å². The molecule has 0 aliphatic carbocycles. The molecule has 0 aromatic carbocycles. The van der Waals surface area contributed by atoms with Crippen molar-refractivity contribution in [2.24, 2.45) is 0 Å². The standard InChI is InChI=1S/C10H16O5/c11-8(12)6-4-2-1-3-5-7-9(15-7)10(13)14/h7,9H,1-6H2,(H,11,12)(H,13,14). The van der Waals surface area contributed by atoms with Gasteiger partial charge in [-0.2, -0.15) is 0 Å². The van der Waals surface area contributed by atoms with E-state index in [2.05, 4.69) is 0 Å². The molecule has 1 aliphatic rings. The van der Waals surface area contributed by atoms with E-state index in [1.165, 1.54) is 0 Å². The largest absolute Gasteiger partial charge is 0.481 e. The van der Waals surface area contributed by atoms with E-state index in [9.17, 15) is 9.59 Å². The molecule has 0 aromatic heterocycles. The Balaban J connectivity index is 1.86. The van der Waals surface area contributed by atoms with Gasteiger partial charge < -0.3 is 14.9 Å². The highest BCUT2D eigenvalue weighted by molar-refractivity contribution is 5.75. The SMILES string of the molecule is O=C(O)CCCCCCC1OC1C(=O)O. The van der Waals surface area contributed by atoms with Crippen LogP contribution < -0.4 is 0 Å². The lowest BCUT2D eigenvalue weighted by molar-refractivity contribution is -0.138. The van der Waals surface area contributed by atoms with Crippen LogP contribution in [0.5, 0.6) is 0 Å². The molecule has 2 atom stereocenters. The van der Waals surface area contributed by atoms with Gasteiger partial charge in [-0.05, 0) is 12.8 Å². The lowest BCUT2D eigenvalue weighted by atomic mass is 10.1. The lowest BCUT2D eigenvalue weighted by Crippen LogP contribution is -2.07. The Morgan fingerprint density at radius 3 is 2.27 bits per heavy atom. The summed E-state index contributed by atoms with van der Waals surface area (Å²) in [6.07, 6.45) is 3.72. The Morgan fingerprint density at radius 1 is 1.07 bits per heavy atom. The number of rotatable bonds is 8. The molecule has 1 rings (SSSR count). The van der Waals surface area contributed by atoms with E-state index in [0.29, 0.717) is 6.42 Å². The van der Waals surface area contributed by atoms with Crippen LogP contribution in [0.2, 0.25) is 0 Å². The van der Waals surface area contributed by atoms with Gasteiger partial charge in [-0.25, -0.2) is 4.79 Å². The van der Waals surface area contributed by atoms with Crippen molar-refractivity contribution < 1.29 is 24.5 Å². The van der Waals surface area contributed by atoms with Crippen molar-refractivity contribution in [2.75, 3.05) is 0 Å². The van der Waals surface area contributed by atoms with E-state index in [0.717, 1.165) is 25.7 Å². The first-order valence-electron chi connectivity index (χ1n) is 5.21. The van der Waals surface area contributed by atoms with Crippen LogP contribution >= 0.6 is 0 Å². The summed E-state index contributed by atoms with van der Waals surface area (Å²) in [5, 5.41) is 16.9. The van der Waals surface area contributed by atoms with Gasteiger partial charge in [0, 0.05) is 6.42 Å². The number of carboxylic acid groups (broad SMARTS) is 2. The molecule has 1 fully saturated rings. The van der Waals surface area contributed by atoms with Gasteiger partial charge in [-0.1, -0.05) is 19.3 Å². The van der Waals surface area contributed by atoms with Crippen LogP contribution in [-0.4, -0.2) is 34.4 Å². The molecule has 2 N–H and O–H groups in total. The van der Waals surface area contributed by atoms with Crippen LogP contribution in [0, 0.1) is 0 Å². The number of unbranched alkanes of at least 4 members (excludes halogenated alkanes) is 3. The van der Waals surface area contributed by atoms with E-state index in [1.54, 1.807) is 0 Å². The topological polar surface area (TPSA) is 87.1 Å². The molecule has 0 saturated carbocycles. The van der Waals surface area contributed by atoms with Gasteiger partial charge in [0.05, 0.1) is 6.10 Å². The number of aliphatic carboxylic acids is 2. The minimum Gasteiger partial charge on any atom is -0.481 e. The van der Waals surface area contributed by atoms with Gasteiger partial charge in [-0.15, -0.1) is 0 Å². The van der Waals surface area contributed by atoms with Gasteiger partial charge in [0.2, 0.25) is 0 Å². The number of carbonyl (C=O) groups is 2. The van der Waals surface area contributed by atoms with Crippen LogP contribution in [0.1, 0.15) is 38.5 Å². The molecule has 5 heteroatoms. The summed E-state index contributed by atoms with van der Waals surface area (Å²) in [7, 11) is 0. The molecule has 0 amide bonds. The zero-order chi connectivity index (χ0) is 11.3. The minimum absolute atomic E-state index is 0.109. The second-order valence-corrected chi connectivity index (χ2v) is 3.78. The highest BCUT2D eigenvalue weighted by Crippen LogP contribution is 2.27. The Kier molecular flexibility index (Phi) is 4.55. The average molecular weight is 216 g/mol. The van der Waals surface area contributed by atoms with Crippen LogP contribution in [0.25, 0.3) is 0 Å². The molecular formula is C10H16O5. The highest BCUT2D eigenvalue weighted by atomic mass is 16.6. The van der Waals surface area contributed by atoms with Gasteiger partial charge in [-0.3, -0.25) is 4.79 Å². The molecule has 0 radical (unpaired) electrons. The Bertz CT molecular complexity index is 238. The third-order valence-corrected chi connectivity index (χ3v) is 2.46. The fourth-order valence-corrected chi connectivity index (χ4v) is 1.55. The number of carboxylic acids is 2. The third kappa shape index (κ3) is 4.78. The maximum absolute atomic E-state index is 10.4. The second-order valence-electron chi connectivity index (χ2n) is 3.78. The average Bonchev–Trinajstić information content (AvgIpc) is 2.90. The molecule has 0 aromatic rings. The van der Waals surface area contributed by atoms with Crippen LogP contribution in [0.4, 0.5) is 0 Å². The third-order valence-electron chi connectivity index (χ3n) is 2.46. The zero-order valence-electron chi connectivity index (χ0n) is 8.52.